The van der Waals surface area contributed by atoms with E-state index in [1.165, 1.54) is 11.1 Å². The van der Waals surface area contributed by atoms with Crippen LogP contribution in [0.15, 0.2) is 41.5 Å². The van der Waals surface area contributed by atoms with Gasteiger partial charge < -0.3 is 14.2 Å². The molecule has 0 aliphatic carbocycles. The van der Waals surface area contributed by atoms with Crippen LogP contribution in [0.25, 0.3) is 5.57 Å². The molecule has 0 saturated heterocycles. The highest BCUT2D eigenvalue weighted by Crippen LogP contribution is 2.40. The van der Waals surface area contributed by atoms with Crippen LogP contribution in [0.5, 0.6) is 11.5 Å². The zero-order chi connectivity index (χ0) is 19.5. The molecular formula is C23H34O3. The van der Waals surface area contributed by atoms with Crippen LogP contribution in [0.3, 0.4) is 0 Å². The fraction of sp³-hybridized carbons (Fsp3) is 0.478. The summed E-state index contributed by atoms with van der Waals surface area (Å²) in [6, 6.07) is 4.08. The van der Waals surface area contributed by atoms with Crippen LogP contribution < -0.4 is 9.47 Å². The number of benzene rings is 1. The van der Waals surface area contributed by atoms with Crippen molar-refractivity contribution in [1.82, 2.24) is 0 Å². The van der Waals surface area contributed by atoms with Crippen LogP contribution in [0.4, 0.5) is 0 Å². The molecule has 0 spiro atoms. The number of rotatable bonds is 10. The van der Waals surface area contributed by atoms with Gasteiger partial charge >= 0.3 is 0 Å². The van der Waals surface area contributed by atoms with Gasteiger partial charge in [-0.1, -0.05) is 37.6 Å². The molecule has 1 aromatic rings. The third-order valence-corrected chi connectivity index (χ3v) is 4.34. The van der Waals surface area contributed by atoms with Crippen molar-refractivity contribution in [3.63, 3.8) is 0 Å². The van der Waals surface area contributed by atoms with Gasteiger partial charge in [0.05, 0.1) is 26.4 Å². The maximum atomic E-state index is 5.73. The average molecular weight is 359 g/mol. The second-order valence-electron chi connectivity index (χ2n) is 6.25. The van der Waals surface area contributed by atoms with Gasteiger partial charge in [-0.25, -0.2) is 0 Å². The summed E-state index contributed by atoms with van der Waals surface area (Å²) in [5, 5.41) is 0. The molecule has 0 unspecified atom stereocenters. The summed E-state index contributed by atoms with van der Waals surface area (Å²) in [6.45, 7) is 11.8. The Labute approximate surface area is 159 Å². The molecule has 0 bridgehead atoms. The van der Waals surface area contributed by atoms with E-state index in [4.69, 9.17) is 14.2 Å². The van der Waals surface area contributed by atoms with Gasteiger partial charge in [0.25, 0.3) is 0 Å². The van der Waals surface area contributed by atoms with Gasteiger partial charge in [0.15, 0.2) is 0 Å². The molecule has 0 saturated carbocycles. The van der Waals surface area contributed by atoms with Crippen LogP contribution in [0.2, 0.25) is 0 Å². The molecule has 0 aliphatic rings. The largest absolute Gasteiger partial charge is 0.496 e. The minimum absolute atomic E-state index is 0.543. The lowest BCUT2D eigenvalue weighted by Gasteiger charge is -2.18. The first-order valence-electron chi connectivity index (χ1n) is 9.39. The molecule has 0 aromatic heterocycles. The van der Waals surface area contributed by atoms with Crippen molar-refractivity contribution in [2.75, 3.05) is 20.8 Å². The van der Waals surface area contributed by atoms with Gasteiger partial charge in [0.2, 0.25) is 0 Å². The van der Waals surface area contributed by atoms with Crippen molar-refractivity contribution >= 4 is 5.57 Å². The van der Waals surface area contributed by atoms with Crippen molar-refractivity contribution in [3.8, 4) is 11.5 Å². The normalized spacial score (nSPS) is 13.1. The van der Waals surface area contributed by atoms with Crippen LogP contribution in [-0.4, -0.2) is 20.8 Å². The molecule has 3 nitrogen and oxygen atoms in total. The molecule has 0 fully saturated rings. The number of hydrogen-bond acceptors (Lipinski definition) is 3. The van der Waals surface area contributed by atoms with Crippen LogP contribution in [0.1, 0.15) is 58.6 Å². The highest BCUT2D eigenvalue weighted by molar-refractivity contribution is 5.86. The van der Waals surface area contributed by atoms with E-state index < -0.39 is 0 Å². The van der Waals surface area contributed by atoms with Crippen LogP contribution in [-0.2, 0) is 11.3 Å². The molecule has 1 rings (SSSR count). The summed E-state index contributed by atoms with van der Waals surface area (Å²) in [5.74, 6) is 1.61. The van der Waals surface area contributed by atoms with Gasteiger partial charge in [0, 0.05) is 6.61 Å². The zero-order valence-corrected chi connectivity index (χ0v) is 17.4. The Morgan fingerprint density at radius 1 is 0.962 bits per heavy atom. The van der Waals surface area contributed by atoms with Crippen molar-refractivity contribution in [1.29, 1.82) is 0 Å². The quantitative estimate of drug-likeness (QED) is 0.457. The molecule has 0 aliphatic heterocycles. The fourth-order valence-electron chi connectivity index (χ4n) is 2.71. The van der Waals surface area contributed by atoms with E-state index in [1.54, 1.807) is 14.2 Å². The highest BCUT2D eigenvalue weighted by atomic mass is 16.5. The second kappa shape index (κ2) is 11.6. The van der Waals surface area contributed by atoms with E-state index in [-0.39, 0.29) is 0 Å². The smallest absolute Gasteiger partial charge is 0.130 e. The third kappa shape index (κ3) is 6.06. The predicted molar refractivity (Wildman–Crippen MR) is 111 cm³/mol. The summed E-state index contributed by atoms with van der Waals surface area (Å²) in [4.78, 5) is 0. The van der Waals surface area contributed by atoms with Crippen LogP contribution in [0, 0.1) is 0 Å². The summed E-state index contributed by atoms with van der Waals surface area (Å²) >= 11 is 0. The topological polar surface area (TPSA) is 27.7 Å². The Balaban J connectivity index is 3.60. The molecule has 26 heavy (non-hydrogen) atoms. The summed E-state index contributed by atoms with van der Waals surface area (Å²) in [5.41, 5.74) is 5.69. The van der Waals surface area contributed by atoms with Crippen molar-refractivity contribution < 1.29 is 14.2 Å². The summed E-state index contributed by atoms with van der Waals surface area (Å²) < 4.78 is 17.0. The first kappa shape index (κ1) is 22.0. The molecule has 0 radical (unpaired) electrons. The summed E-state index contributed by atoms with van der Waals surface area (Å²) in [7, 11) is 3.40. The van der Waals surface area contributed by atoms with Crippen LogP contribution >= 0.6 is 0 Å². The Kier molecular flexibility index (Phi) is 9.82. The highest BCUT2D eigenvalue weighted by Gasteiger charge is 2.18. The van der Waals surface area contributed by atoms with Gasteiger partial charge in [-0.2, -0.15) is 0 Å². The first-order valence-corrected chi connectivity index (χ1v) is 9.39. The zero-order valence-electron chi connectivity index (χ0n) is 17.4. The van der Waals surface area contributed by atoms with E-state index >= 15 is 0 Å². The van der Waals surface area contributed by atoms with E-state index in [0.717, 1.165) is 41.0 Å². The Hall–Kier alpha value is -2.00. The predicted octanol–water partition coefficient (Wildman–Crippen LogP) is 6.34. The average Bonchev–Trinajstić information content (AvgIpc) is 2.66. The molecular weight excluding hydrogens is 324 g/mol. The Bertz CT molecular complexity index is 641. The van der Waals surface area contributed by atoms with E-state index in [1.807, 2.05) is 19.1 Å². The molecule has 1 aromatic carbocycles. The number of hydrogen-bond donors (Lipinski definition) is 0. The van der Waals surface area contributed by atoms with E-state index in [9.17, 15) is 0 Å². The van der Waals surface area contributed by atoms with E-state index in [2.05, 4.69) is 45.9 Å². The fourth-order valence-corrected chi connectivity index (χ4v) is 2.71. The number of allylic oxidation sites excluding steroid dienone is 6. The van der Waals surface area contributed by atoms with Crippen molar-refractivity contribution in [2.45, 2.75) is 54.1 Å². The summed E-state index contributed by atoms with van der Waals surface area (Å²) in [6.07, 6.45) is 8.58. The Morgan fingerprint density at radius 2 is 1.58 bits per heavy atom. The molecule has 144 valence electrons. The third-order valence-electron chi connectivity index (χ3n) is 4.34. The molecule has 0 heterocycles. The van der Waals surface area contributed by atoms with Crippen molar-refractivity contribution in [2.24, 2.45) is 0 Å². The lowest BCUT2D eigenvalue weighted by Crippen LogP contribution is -2.01. The van der Waals surface area contributed by atoms with Crippen molar-refractivity contribution in [3.05, 3.63) is 52.6 Å². The second-order valence-corrected chi connectivity index (χ2v) is 6.25. The molecule has 0 amide bonds. The number of ether oxygens (including phenoxy) is 3. The molecule has 0 atom stereocenters. The van der Waals surface area contributed by atoms with Gasteiger partial charge in [0.1, 0.15) is 11.5 Å². The van der Waals surface area contributed by atoms with E-state index in [0.29, 0.717) is 13.2 Å². The minimum atomic E-state index is 0.543. The minimum Gasteiger partial charge on any atom is -0.496 e. The maximum absolute atomic E-state index is 5.73. The van der Waals surface area contributed by atoms with Gasteiger partial charge in [-0.3, -0.25) is 0 Å². The van der Waals surface area contributed by atoms with Gasteiger partial charge in [-0.15, -0.1) is 0 Å². The standard InChI is InChI=1S/C23H34O3/c1-8-11-18(5)20(13-12-17(4)9-2)23-21(24-6)14-19(16-26-10-3)15-22(23)25-7/h11-15H,8-10,16H2,1-7H3/b17-12-,18-11-,20-13+. The number of methoxy groups -OCH3 is 2. The Morgan fingerprint density at radius 3 is 2.04 bits per heavy atom. The SMILES string of the molecule is CC\C=C(C)/C(=C\C=C(\C)CC)c1c(OC)cc(COCC)cc1OC. The molecule has 3 heteroatoms. The lowest BCUT2D eigenvalue weighted by atomic mass is 9.94. The van der Waals surface area contributed by atoms with Gasteiger partial charge in [-0.05, 0) is 62.5 Å². The lowest BCUT2D eigenvalue weighted by molar-refractivity contribution is 0.133. The first-order chi connectivity index (χ1) is 12.5. The monoisotopic (exact) mass is 358 g/mol. The molecule has 0 N–H and O–H groups in total. The maximum Gasteiger partial charge on any atom is 0.130 e.